The number of nitrogens with zero attached hydrogens (tertiary/aromatic N) is 4. The average Bonchev–Trinajstić information content (AvgIpc) is 3.33. The highest BCUT2D eigenvalue weighted by Crippen LogP contribution is 2.34. The number of H-pyrrole nitrogens is 1. The van der Waals surface area contributed by atoms with Crippen LogP contribution in [0.4, 0.5) is 0 Å². The van der Waals surface area contributed by atoms with Gasteiger partial charge in [0.1, 0.15) is 5.82 Å². The van der Waals surface area contributed by atoms with E-state index in [1.807, 2.05) is 36.5 Å². The number of hydrogen-bond acceptors (Lipinski definition) is 6. The largest absolute Gasteiger partial charge is 0.366 e. The zero-order valence-corrected chi connectivity index (χ0v) is 22.3. The number of halogens is 2. The highest BCUT2D eigenvalue weighted by molar-refractivity contribution is 6.39. The molecule has 8 nitrogen and oxygen atoms in total. The number of para-hydroxylation sites is 2. The highest BCUT2D eigenvalue weighted by Gasteiger charge is 2.27. The van der Waals surface area contributed by atoms with Gasteiger partial charge in [0, 0.05) is 31.9 Å². The number of pyridine rings is 2. The molecule has 1 amide bonds. The van der Waals surface area contributed by atoms with Crippen LogP contribution in [0.5, 0.6) is 0 Å². The van der Waals surface area contributed by atoms with Gasteiger partial charge in [-0.15, -0.1) is 0 Å². The molecule has 0 unspecified atom stereocenters. The number of aromatic amines is 1. The van der Waals surface area contributed by atoms with E-state index in [4.69, 9.17) is 44.6 Å². The van der Waals surface area contributed by atoms with Gasteiger partial charge in [-0.2, -0.15) is 0 Å². The first kappa shape index (κ1) is 26.3. The van der Waals surface area contributed by atoms with Gasteiger partial charge in [0.05, 0.1) is 50.6 Å². The van der Waals surface area contributed by atoms with Crippen molar-refractivity contribution >= 4 is 40.1 Å². The van der Waals surface area contributed by atoms with E-state index in [0.29, 0.717) is 31.7 Å². The van der Waals surface area contributed by atoms with E-state index >= 15 is 0 Å². The Balaban J connectivity index is 1.44. The third-order valence-corrected chi connectivity index (χ3v) is 7.65. The number of carbonyl (C=O) groups excluding carboxylic acids is 1. The van der Waals surface area contributed by atoms with Crippen LogP contribution in [-0.4, -0.2) is 43.8 Å². The van der Waals surface area contributed by atoms with E-state index in [-0.39, 0.29) is 21.7 Å². The van der Waals surface area contributed by atoms with Crippen LogP contribution in [0.2, 0.25) is 10.0 Å². The van der Waals surface area contributed by atoms with E-state index in [9.17, 15) is 4.79 Å². The second-order valence-electron chi connectivity index (χ2n) is 9.44. The molecule has 0 aliphatic heterocycles. The number of imidazole rings is 1. The van der Waals surface area contributed by atoms with Crippen LogP contribution in [0.3, 0.4) is 0 Å². The van der Waals surface area contributed by atoms with Gasteiger partial charge in [-0.25, -0.2) is 4.98 Å². The molecule has 0 saturated carbocycles. The van der Waals surface area contributed by atoms with Crippen molar-refractivity contribution in [3.8, 4) is 0 Å². The molecule has 3 heterocycles. The number of hydrogen-bond donors (Lipinski definition) is 3. The normalized spacial score (nSPS) is 15.7. The van der Waals surface area contributed by atoms with E-state index in [1.54, 1.807) is 0 Å². The maximum Gasteiger partial charge on any atom is 0.251 e. The molecule has 5 N–H and O–H groups in total. The summed E-state index contributed by atoms with van der Waals surface area (Å²) < 4.78 is 0. The first-order valence-electron chi connectivity index (χ1n) is 12.6. The second kappa shape index (κ2) is 11.6. The van der Waals surface area contributed by atoms with E-state index in [1.165, 1.54) is 11.8 Å². The Morgan fingerprint density at radius 1 is 1.18 bits per heavy atom. The minimum atomic E-state index is -0.692. The van der Waals surface area contributed by atoms with Crippen LogP contribution in [0.15, 0.2) is 60.4 Å². The number of carbonyl (C=O) groups is 1. The molecule has 0 fully saturated rings. The minimum absolute atomic E-state index is 0.0751. The quantitative estimate of drug-likeness (QED) is 0.258. The Morgan fingerprint density at radius 3 is 2.82 bits per heavy atom. The third kappa shape index (κ3) is 5.59. The lowest BCUT2D eigenvalue weighted by Gasteiger charge is -2.34. The highest BCUT2D eigenvalue weighted by atomic mass is 35.5. The molecule has 3 aromatic heterocycles. The van der Waals surface area contributed by atoms with Gasteiger partial charge in [0.15, 0.2) is 0 Å². The van der Waals surface area contributed by atoms with Gasteiger partial charge < -0.3 is 16.5 Å². The molecule has 1 aromatic carbocycles. The predicted molar refractivity (Wildman–Crippen MR) is 150 cm³/mol. The lowest BCUT2D eigenvalue weighted by atomic mass is 9.90. The molecule has 1 aliphatic carbocycles. The van der Waals surface area contributed by atoms with Crippen molar-refractivity contribution < 1.29 is 4.79 Å². The fraction of sp³-hybridized carbons (Fsp3) is 0.286. The molecule has 1 atom stereocenters. The lowest BCUT2D eigenvalue weighted by Crippen LogP contribution is -2.32. The molecule has 0 spiro atoms. The Morgan fingerprint density at radius 2 is 2.03 bits per heavy atom. The average molecular weight is 550 g/mol. The third-order valence-electron chi connectivity index (χ3n) is 6.96. The van der Waals surface area contributed by atoms with Gasteiger partial charge in [-0.3, -0.25) is 19.7 Å². The molecule has 196 valence electrons. The number of aromatic nitrogens is 4. The Bertz CT molecular complexity index is 1470. The van der Waals surface area contributed by atoms with E-state index in [0.717, 1.165) is 47.4 Å². The van der Waals surface area contributed by atoms with Gasteiger partial charge >= 0.3 is 0 Å². The number of nitrogens with two attached hydrogens (primary N) is 2. The molecule has 1 aliphatic rings. The van der Waals surface area contributed by atoms with Crippen LogP contribution in [-0.2, 0) is 19.4 Å². The number of nitrogens with one attached hydrogen (secondary N) is 1. The lowest BCUT2D eigenvalue weighted by molar-refractivity contribution is 0.100. The van der Waals surface area contributed by atoms with Gasteiger partial charge in [0.25, 0.3) is 5.91 Å². The molecule has 5 rings (SSSR count). The van der Waals surface area contributed by atoms with Crippen molar-refractivity contribution in [2.75, 3.05) is 13.1 Å². The zero-order chi connectivity index (χ0) is 26.6. The number of rotatable bonds is 9. The Kier molecular flexibility index (Phi) is 8.04. The fourth-order valence-electron chi connectivity index (χ4n) is 5.06. The van der Waals surface area contributed by atoms with Crippen molar-refractivity contribution in [1.29, 1.82) is 0 Å². The van der Waals surface area contributed by atoms with Crippen LogP contribution >= 0.6 is 23.2 Å². The van der Waals surface area contributed by atoms with E-state index in [2.05, 4.69) is 27.0 Å². The number of benzene rings is 1. The summed E-state index contributed by atoms with van der Waals surface area (Å²) >= 11 is 12.5. The first-order valence-corrected chi connectivity index (χ1v) is 13.3. The van der Waals surface area contributed by atoms with Gasteiger partial charge in [-0.1, -0.05) is 53.1 Å². The topological polar surface area (TPSA) is 127 Å². The molecular weight excluding hydrogens is 521 g/mol. The smallest absolute Gasteiger partial charge is 0.251 e. The maximum absolute atomic E-state index is 11.8. The fourth-order valence-corrected chi connectivity index (χ4v) is 5.65. The van der Waals surface area contributed by atoms with Crippen LogP contribution in [0, 0.1) is 0 Å². The standard InChI is InChI=1S/C28H29Cl2N7O/c29-19-15-34-22(26(30)25(19)28(32)38)13-17(14-31)10-12-37(16-24-35-20-7-1-2-8-21(20)36-24)23-9-3-5-18-6-4-11-33-27(18)23/h1-2,4,6-8,10-11,15,23H,3,5,9,12-14,16,31H2,(H2,32,38)(H,35,36)/b17-10-/t23-/m0/s1. The molecule has 0 bridgehead atoms. The molecular formula is C28H29Cl2N7O. The van der Waals surface area contributed by atoms with Crippen molar-refractivity contribution in [2.45, 2.75) is 38.3 Å². The molecule has 38 heavy (non-hydrogen) atoms. The monoisotopic (exact) mass is 549 g/mol. The van der Waals surface area contributed by atoms with Crippen molar-refractivity contribution in [3.05, 3.63) is 98.8 Å². The first-order chi connectivity index (χ1) is 18.4. The summed E-state index contributed by atoms with van der Waals surface area (Å²) in [5.74, 6) is 0.202. The summed E-state index contributed by atoms with van der Waals surface area (Å²) in [4.78, 5) is 31.6. The Hall–Kier alpha value is -3.30. The zero-order valence-electron chi connectivity index (χ0n) is 20.8. The molecule has 0 radical (unpaired) electrons. The number of primary amides is 1. The summed E-state index contributed by atoms with van der Waals surface area (Å²) in [6.45, 7) is 1.55. The minimum Gasteiger partial charge on any atom is -0.366 e. The SMILES string of the molecule is NC/C(=C\CN(Cc1nc2ccccc2[nH]1)[C@H]1CCCc2cccnc21)Cc1ncc(Cl)c(C(N)=O)c1Cl. The van der Waals surface area contributed by atoms with Gasteiger partial charge in [-0.05, 0) is 43.0 Å². The maximum atomic E-state index is 11.8. The Labute approximate surface area is 231 Å². The summed E-state index contributed by atoms with van der Waals surface area (Å²) in [5.41, 5.74) is 17.5. The number of aryl methyl sites for hydroxylation is 1. The van der Waals surface area contributed by atoms with Gasteiger partial charge in [0.2, 0.25) is 0 Å². The molecule has 0 saturated heterocycles. The number of amides is 1. The number of fused-ring (bicyclic) bond motifs is 2. The van der Waals surface area contributed by atoms with Crippen molar-refractivity contribution in [2.24, 2.45) is 11.5 Å². The summed E-state index contributed by atoms with van der Waals surface area (Å²) in [7, 11) is 0. The summed E-state index contributed by atoms with van der Waals surface area (Å²) in [6, 6.07) is 12.3. The molecule has 10 heteroatoms. The summed E-state index contributed by atoms with van der Waals surface area (Å²) in [6.07, 6.45) is 8.88. The van der Waals surface area contributed by atoms with Crippen LogP contribution < -0.4 is 11.5 Å². The van der Waals surface area contributed by atoms with Crippen molar-refractivity contribution in [1.82, 2.24) is 24.8 Å². The second-order valence-corrected chi connectivity index (χ2v) is 10.2. The summed E-state index contributed by atoms with van der Waals surface area (Å²) in [5, 5.41) is 0.291. The van der Waals surface area contributed by atoms with Crippen LogP contribution in [0.25, 0.3) is 11.0 Å². The van der Waals surface area contributed by atoms with E-state index < -0.39 is 5.91 Å². The predicted octanol–water partition coefficient (Wildman–Crippen LogP) is 4.77. The van der Waals surface area contributed by atoms with Crippen LogP contribution in [0.1, 0.15) is 52.0 Å². The van der Waals surface area contributed by atoms with Crippen molar-refractivity contribution in [3.63, 3.8) is 0 Å². The molecule has 4 aromatic rings.